The molecule has 3 atom stereocenters. The predicted octanol–water partition coefficient (Wildman–Crippen LogP) is 4.50. The quantitative estimate of drug-likeness (QED) is 0.702. The fourth-order valence-corrected chi connectivity index (χ4v) is 4.14. The van der Waals surface area contributed by atoms with Gasteiger partial charge in [-0.3, -0.25) is 4.79 Å². The van der Waals surface area contributed by atoms with Crippen LogP contribution in [-0.4, -0.2) is 41.0 Å². The van der Waals surface area contributed by atoms with Gasteiger partial charge >= 0.3 is 0 Å². The van der Waals surface area contributed by atoms with Gasteiger partial charge in [-0.15, -0.1) is 0 Å². The molecule has 1 aliphatic heterocycles. The molecule has 1 fully saturated rings. The summed E-state index contributed by atoms with van der Waals surface area (Å²) in [6.07, 6.45) is 3.89. The summed E-state index contributed by atoms with van der Waals surface area (Å²) in [4.78, 5) is 18.9. The van der Waals surface area contributed by atoms with Crippen LogP contribution in [0.2, 0.25) is 0 Å². The van der Waals surface area contributed by atoms with Gasteiger partial charge in [-0.25, -0.2) is 4.98 Å². The molecule has 1 aromatic carbocycles. The van der Waals surface area contributed by atoms with Gasteiger partial charge in [-0.05, 0) is 61.7 Å². The number of carbonyl (C=O) groups is 1. The van der Waals surface area contributed by atoms with Crippen LogP contribution in [0.25, 0.3) is 0 Å². The van der Waals surface area contributed by atoms with E-state index in [2.05, 4.69) is 55.0 Å². The van der Waals surface area contributed by atoms with Crippen LogP contribution in [0.5, 0.6) is 0 Å². The molecule has 162 valence electrons. The number of ether oxygens (including phenoxy) is 1. The zero-order valence-electron chi connectivity index (χ0n) is 18.5. The van der Waals surface area contributed by atoms with E-state index in [-0.39, 0.29) is 18.1 Å². The van der Waals surface area contributed by atoms with E-state index < -0.39 is 0 Å². The molecule has 6 heteroatoms. The molecule has 3 N–H and O–H groups in total. The van der Waals surface area contributed by atoms with Crippen LogP contribution in [-0.2, 0) is 4.74 Å². The van der Waals surface area contributed by atoms with Gasteiger partial charge in [0.2, 0.25) is 0 Å². The van der Waals surface area contributed by atoms with Gasteiger partial charge < -0.3 is 20.7 Å². The van der Waals surface area contributed by atoms with E-state index in [1.807, 2.05) is 12.1 Å². The topological polar surface area (TPSA) is 80.5 Å². The number of hydrogen-bond acceptors (Lipinski definition) is 5. The third-order valence-corrected chi connectivity index (χ3v) is 5.99. The average molecular weight is 411 g/mol. The first-order valence-corrected chi connectivity index (χ1v) is 10.9. The van der Waals surface area contributed by atoms with Crippen LogP contribution in [0.15, 0.2) is 42.6 Å². The van der Waals surface area contributed by atoms with E-state index in [9.17, 15) is 4.79 Å². The molecule has 0 radical (unpaired) electrons. The molecule has 0 saturated carbocycles. The molecule has 1 aliphatic rings. The Balaban J connectivity index is 1.70. The summed E-state index contributed by atoms with van der Waals surface area (Å²) in [5, 5.41) is 2.91. The van der Waals surface area contributed by atoms with Crippen LogP contribution in [0.3, 0.4) is 0 Å². The first-order valence-electron chi connectivity index (χ1n) is 10.9. The van der Waals surface area contributed by atoms with Crippen molar-refractivity contribution in [2.24, 2.45) is 5.92 Å². The molecule has 1 amide bonds. The summed E-state index contributed by atoms with van der Waals surface area (Å²) in [5.74, 6) is 0.676. The molecule has 2 aromatic rings. The van der Waals surface area contributed by atoms with Gasteiger partial charge in [0.15, 0.2) is 0 Å². The van der Waals surface area contributed by atoms with Gasteiger partial charge in [0.05, 0.1) is 17.8 Å². The van der Waals surface area contributed by atoms with Crippen molar-refractivity contribution >= 4 is 17.4 Å². The minimum Gasteiger partial charge on any atom is -0.384 e. The van der Waals surface area contributed by atoms with Crippen molar-refractivity contribution in [3.05, 3.63) is 53.7 Å². The van der Waals surface area contributed by atoms with Gasteiger partial charge in [0, 0.05) is 17.9 Å². The van der Waals surface area contributed by atoms with Crippen molar-refractivity contribution in [3.8, 4) is 0 Å². The number of nitrogens with two attached hydrogens (primary N) is 1. The van der Waals surface area contributed by atoms with Crippen molar-refractivity contribution in [2.45, 2.75) is 58.8 Å². The van der Waals surface area contributed by atoms with Crippen LogP contribution in [0.1, 0.15) is 62.6 Å². The number of aromatic nitrogens is 1. The fourth-order valence-electron chi connectivity index (χ4n) is 4.14. The summed E-state index contributed by atoms with van der Waals surface area (Å²) >= 11 is 0. The van der Waals surface area contributed by atoms with E-state index in [1.165, 1.54) is 6.20 Å². The summed E-state index contributed by atoms with van der Waals surface area (Å²) in [7, 11) is 0. The fraction of sp³-hybridized carbons (Fsp3) is 0.500. The second-order valence-electron chi connectivity index (χ2n) is 8.30. The Morgan fingerprint density at radius 3 is 2.43 bits per heavy atom. The minimum atomic E-state index is -0.203. The number of hydrogen-bond donors (Lipinski definition) is 2. The highest BCUT2D eigenvalue weighted by Gasteiger charge is 2.34. The van der Waals surface area contributed by atoms with Crippen LogP contribution in [0, 0.1) is 5.92 Å². The highest BCUT2D eigenvalue weighted by Crippen LogP contribution is 2.36. The maximum absolute atomic E-state index is 12.4. The van der Waals surface area contributed by atoms with E-state index in [1.54, 1.807) is 12.1 Å². The monoisotopic (exact) mass is 410 g/mol. The molecule has 0 aliphatic carbocycles. The zero-order valence-corrected chi connectivity index (χ0v) is 18.5. The highest BCUT2D eigenvalue weighted by molar-refractivity contribution is 6.04. The van der Waals surface area contributed by atoms with Gasteiger partial charge in [0.1, 0.15) is 5.82 Å². The number of nitrogen functional groups attached to an aromatic ring is 1. The van der Waals surface area contributed by atoms with Crippen LogP contribution < -0.4 is 11.1 Å². The van der Waals surface area contributed by atoms with Gasteiger partial charge in [-0.2, -0.15) is 0 Å². The molecular formula is C24H34N4O2. The second-order valence-corrected chi connectivity index (χ2v) is 8.30. The molecule has 0 unspecified atom stereocenters. The Labute approximate surface area is 179 Å². The lowest BCUT2D eigenvalue weighted by molar-refractivity contribution is -0.101. The lowest BCUT2D eigenvalue weighted by atomic mass is 9.89. The zero-order chi connectivity index (χ0) is 21.7. The number of rotatable bonds is 7. The maximum atomic E-state index is 12.4. The van der Waals surface area contributed by atoms with Crippen molar-refractivity contribution in [1.29, 1.82) is 0 Å². The number of anilines is 2. The Morgan fingerprint density at radius 2 is 1.87 bits per heavy atom. The Morgan fingerprint density at radius 1 is 1.17 bits per heavy atom. The first kappa shape index (κ1) is 22.2. The minimum absolute atomic E-state index is 0.0720. The SMILES string of the molecule is CCN(CC)[C@H]1C[C@@H](c2ccc(NC(=O)c3ccc(N)nc3)cc2)O[C@@H](C(C)C)C1. The third-order valence-electron chi connectivity index (χ3n) is 5.99. The molecule has 2 heterocycles. The molecule has 1 aromatic heterocycles. The number of amides is 1. The molecule has 0 spiro atoms. The standard InChI is InChI=1S/C24H34N4O2/c1-5-28(6-2)20-13-21(16(3)4)30-22(14-20)17-7-10-19(11-8-17)27-24(29)18-9-12-23(25)26-15-18/h7-12,15-16,20-22H,5-6,13-14H2,1-4H3,(H2,25,26)(H,27,29)/t20-,21-,22+/m1/s1. The van der Waals surface area contributed by atoms with E-state index >= 15 is 0 Å². The van der Waals surface area contributed by atoms with Crippen molar-refractivity contribution in [3.63, 3.8) is 0 Å². The Kier molecular flexibility index (Phi) is 7.45. The van der Waals surface area contributed by atoms with E-state index in [4.69, 9.17) is 10.5 Å². The third kappa shape index (κ3) is 5.37. The molecule has 3 rings (SSSR count). The van der Waals surface area contributed by atoms with E-state index in [0.29, 0.717) is 23.3 Å². The first-order chi connectivity index (χ1) is 14.4. The average Bonchev–Trinajstić information content (AvgIpc) is 2.75. The van der Waals surface area contributed by atoms with Crippen LogP contribution >= 0.6 is 0 Å². The largest absolute Gasteiger partial charge is 0.384 e. The predicted molar refractivity (Wildman–Crippen MR) is 121 cm³/mol. The van der Waals surface area contributed by atoms with Crippen molar-refractivity contribution < 1.29 is 9.53 Å². The number of carbonyl (C=O) groups excluding carboxylic acids is 1. The Hall–Kier alpha value is -2.44. The summed E-state index contributed by atoms with van der Waals surface area (Å²) in [6, 6.07) is 11.8. The molecular weight excluding hydrogens is 376 g/mol. The molecule has 6 nitrogen and oxygen atoms in total. The lowest BCUT2D eigenvalue weighted by Gasteiger charge is -2.42. The second kappa shape index (κ2) is 10.0. The number of nitrogens with one attached hydrogen (secondary N) is 1. The maximum Gasteiger partial charge on any atom is 0.257 e. The number of pyridine rings is 1. The smallest absolute Gasteiger partial charge is 0.257 e. The van der Waals surface area contributed by atoms with Crippen molar-refractivity contribution in [2.75, 3.05) is 24.1 Å². The molecule has 1 saturated heterocycles. The summed E-state index contributed by atoms with van der Waals surface area (Å²) in [6.45, 7) is 11.0. The van der Waals surface area contributed by atoms with Gasteiger partial charge in [-0.1, -0.05) is 39.8 Å². The number of nitrogens with zero attached hydrogens (tertiary/aromatic N) is 2. The summed E-state index contributed by atoms with van der Waals surface area (Å²) < 4.78 is 6.47. The van der Waals surface area contributed by atoms with Crippen molar-refractivity contribution in [1.82, 2.24) is 9.88 Å². The normalized spacial score (nSPS) is 21.7. The molecule has 30 heavy (non-hydrogen) atoms. The lowest BCUT2D eigenvalue weighted by Crippen LogP contribution is -2.44. The number of benzene rings is 1. The molecule has 0 bridgehead atoms. The summed E-state index contributed by atoms with van der Waals surface area (Å²) in [5.41, 5.74) is 7.97. The van der Waals surface area contributed by atoms with Gasteiger partial charge in [0.25, 0.3) is 5.91 Å². The highest BCUT2D eigenvalue weighted by atomic mass is 16.5. The van der Waals surface area contributed by atoms with Crippen LogP contribution in [0.4, 0.5) is 11.5 Å². The van der Waals surface area contributed by atoms with E-state index in [0.717, 1.165) is 37.2 Å². The Bertz CT molecular complexity index is 816.